The van der Waals surface area contributed by atoms with E-state index < -0.39 is 0 Å². The molecule has 2 heteroatoms. The van der Waals surface area contributed by atoms with Gasteiger partial charge in [0, 0.05) is 45.0 Å². The van der Waals surface area contributed by atoms with Gasteiger partial charge in [0.15, 0.2) is 0 Å². The fourth-order valence-electron chi connectivity index (χ4n) is 11.2. The normalized spacial score (nSPS) is 17.6. The van der Waals surface area contributed by atoms with Gasteiger partial charge >= 0.3 is 0 Å². The average Bonchev–Trinajstić information content (AvgIpc) is 3.56. The molecule has 0 N–H and O–H groups in total. The average molecular weight is 805 g/mol. The molecule has 0 spiro atoms. The molecular weight excluding hydrogens is 749 g/mol. The number of nitrogens with zero attached hydrogens (tertiary/aromatic N) is 2. The molecule has 2 unspecified atom stereocenters. The van der Waals surface area contributed by atoms with Gasteiger partial charge in [-0.3, -0.25) is 0 Å². The molecule has 1 fully saturated rings. The van der Waals surface area contributed by atoms with Crippen molar-refractivity contribution < 1.29 is 0 Å². The Morgan fingerprint density at radius 2 is 0.903 bits per heavy atom. The van der Waals surface area contributed by atoms with Gasteiger partial charge in [-0.05, 0) is 142 Å². The molecule has 2 aliphatic rings. The molecule has 0 radical (unpaired) electrons. The van der Waals surface area contributed by atoms with Gasteiger partial charge in [-0.15, -0.1) is 0 Å². The molecule has 0 heterocycles. The van der Waals surface area contributed by atoms with Crippen LogP contribution >= 0.6 is 0 Å². The Kier molecular flexibility index (Phi) is 10.4. The van der Waals surface area contributed by atoms with Crippen molar-refractivity contribution in [3.05, 3.63) is 229 Å². The van der Waals surface area contributed by atoms with Crippen LogP contribution in [0.2, 0.25) is 0 Å². The van der Waals surface area contributed by atoms with E-state index in [1.807, 2.05) is 0 Å². The van der Waals surface area contributed by atoms with E-state index in [1.54, 1.807) is 0 Å². The van der Waals surface area contributed by atoms with Crippen molar-refractivity contribution in [2.45, 2.75) is 64.2 Å². The van der Waals surface area contributed by atoms with E-state index in [9.17, 15) is 0 Å². The molecule has 2 nitrogen and oxygen atoms in total. The smallest absolute Gasteiger partial charge is 0.0465 e. The van der Waals surface area contributed by atoms with Crippen molar-refractivity contribution in [1.82, 2.24) is 0 Å². The highest BCUT2D eigenvalue weighted by Crippen LogP contribution is 2.55. The van der Waals surface area contributed by atoms with Crippen LogP contribution in [0.3, 0.4) is 0 Å². The summed E-state index contributed by atoms with van der Waals surface area (Å²) in [5, 5.41) is 0. The van der Waals surface area contributed by atoms with Crippen LogP contribution in [-0.4, -0.2) is 0 Å². The zero-order chi connectivity index (χ0) is 42.3. The summed E-state index contributed by atoms with van der Waals surface area (Å²) in [4.78, 5) is 4.82. The summed E-state index contributed by atoms with van der Waals surface area (Å²) in [5.74, 6) is 1.07. The van der Waals surface area contributed by atoms with Crippen molar-refractivity contribution in [1.29, 1.82) is 0 Å². The van der Waals surface area contributed by atoms with Crippen LogP contribution in [-0.2, 0) is 10.8 Å². The fraction of sp³-hybridized carbons (Fsp3) is 0.200. The minimum absolute atomic E-state index is 0.0921. The molecule has 0 saturated heterocycles. The first-order valence-electron chi connectivity index (χ1n) is 22.6. The Morgan fingerprint density at radius 3 is 1.42 bits per heavy atom. The van der Waals surface area contributed by atoms with Crippen LogP contribution in [0.1, 0.15) is 75.6 Å². The largest absolute Gasteiger partial charge is 0.311 e. The lowest BCUT2D eigenvalue weighted by Crippen LogP contribution is -2.42. The molecule has 0 bridgehead atoms. The Morgan fingerprint density at radius 1 is 0.435 bits per heavy atom. The molecule has 0 aromatic heterocycles. The highest BCUT2D eigenvalue weighted by Gasteiger charge is 2.45. The highest BCUT2D eigenvalue weighted by atomic mass is 15.1. The van der Waals surface area contributed by atoms with Crippen LogP contribution in [0, 0.1) is 11.8 Å². The predicted molar refractivity (Wildman–Crippen MR) is 263 cm³/mol. The quantitative estimate of drug-likeness (QED) is 0.136. The second kappa shape index (κ2) is 16.3. The van der Waals surface area contributed by atoms with Gasteiger partial charge < -0.3 is 9.80 Å². The van der Waals surface area contributed by atoms with Gasteiger partial charge in [0.2, 0.25) is 0 Å². The molecule has 2 aliphatic carbocycles. The van der Waals surface area contributed by atoms with E-state index in [1.165, 1.54) is 80.8 Å². The fourth-order valence-corrected chi connectivity index (χ4v) is 11.2. The van der Waals surface area contributed by atoms with Gasteiger partial charge in [0.1, 0.15) is 0 Å². The summed E-state index contributed by atoms with van der Waals surface area (Å²) in [7, 11) is 0. The number of rotatable bonds is 10. The van der Waals surface area contributed by atoms with Crippen molar-refractivity contribution >= 4 is 34.1 Å². The highest BCUT2D eigenvalue weighted by molar-refractivity contribution is 5.94. The molecule has 8 aromatic carbocycles. The Balaban J connectivity index is 1.05. The molecule has 8 aromatic rings. The van der Waals surface area contributed by atoms with Crippen LogP contribution in [0.15, 0.2) is 206 Å². The molecule has 62 heavy (non-hydrogen) atoms. The summed E-state index contributed by atoms with van der Waals surface area (Å²) in [5.41, 5.74) is 17.6. The maximum atomic E-state index is 2.46. The van der Waals surface area contributed by atoms with Crippen LogP contribution in [0.4, 0.5) is 34.1 Å². The second-order valence-electron chi connectivity index (χ2n) is 18.3. The van der Waals surface area contributed by atoms with Crippen molar-refractivity contribution in [3.63, 3.8) is 0 Å². The molecule has 2 atom stereocenters. The predicted octanol–water partition coefficient (Wildman–Crippen LogP) is 16.7. The van der Waals surface area contributed by atoms with Crippen molar-refractivity contribution in [3.8, 4) is 22.3 Å². The lowest BCUT2D eigenvalue weighted by molar-refractivity contribution is 0.170. The third kappa shape index (κ3) is 6.83. The number of benzene rings is 8. The van der Waals surface area contributed by atoms with E-state index >= 15 is 0 Å². The molecule has 306 valence electrons. The monoisotopic (exact) mass is 804 g/mol. The van der Waals surface area contributed by atoms with E-state index in [0.717, 1.165) is 23.5 Å². The van der Waals surface area contributed by atoms with E-state index in [4.69, 9.17) is 0 Å². The SMILES string of the molecule is CC(C)C1CCCCC1(c1ccc(N(c2ccccc2)c2ccccc2)cc1)c1ccc(N(c2ccccc2)c2ccc3c(c2)C(C)(C)c2cccc(-c4ccccc4)c2-3)cc1. The zero-order valence-corrected chi connectivity index (χ0v) is 36.5. The van der Waals surface area contributed by atoms with Gasteiger partial charge in [0.05, 0.1) is 0 Å². The maximum Gasteiger partial charge on any atom is 0.0465 e. The van der Waals surface area contributed by atoms with Crippen molar-refractivity contribution in [2.24, 2.45) is 11.8 Å². The second-order valence-corrected chi connectivity index (χ2v) is 18.3. The van der Waals surface area contributed by atoms with Crippen LogP contribution in [0.5, 0.6) is 0 Å². The number of hydrogen-bond acceptors (Lipinski definition) is 2. The lowest BCUT2D eigenvalue weighted by Gasteiger charge is -2.48. The first-order valence-corrected chi connectivity index (χ1v) is 22.6. The number of anilines is 6. The molecule has 1 saturated carbocycles. The summed E-state index contributed by atoms with van der Waals surface area (Å²) in [6, 6.07) is 76.5. The number of hydrogen-bond donors (Lipinski definition) is 0. The van der Waals surface area contributed by atoms with Gasteiger partial charge in [-0.2, -0.15) is 0 Å². The number of fused-ring (bicyclic) bond motifs is 3. The molecular formula is C60H56N2. The van der Waals surface area contributed by atoms with E-state index in [0.29, 0.717) is 11.8 Å². The zero-order valence-electron chi connectivity index (χ0n) is 36.5. The molecule has 10 rings (SSSR count). The van der Waals surface area contributed by atoms with E-state index in [2.05, 4.69) is 244 Å². The molecule has 0 amide bonds. The maximum absolute atomic E-state index is 2.46. The Hall–Kier alpha value is -6.64. The standard InChI is InChI=1S/C60H56N2/c1-43(2)55-29-17-18-41-60(55,45-31-35-50(36-32-45)61(47-22-11-6-12-23-47)48-24-13-7-14-25-48)46-33-37-51(38-34-46)62(49-26-15-8-16-27-49)52-39-40-54-57(42-52)59(3,4)56-30-19-28-53(58(54)56)44-20-9-5-10-21-44/h5-16,19-28,30-40,42-43,55H,17-18,29,41H2,1-4H3. The lowest BCUT2D eigenvalue weighted by atomic mass is 9.56. The third-order valence-corrected chi connectivity index (χ3v) is 14.1. The van der Waals surface area contributed by atoms with Crippen LogP contribution in [0.25, 0.3) is 22.3 Å². The summed E-state index contributed by atoms with van der Waals surface area (Å²) >= 11 is 0. The van der Waals surface area contributed by atoms with E-state index in [-0.39, 0.29) is 10.8 Å². The Labute approximate surface area is 369 Å². The molecule has 0 aliphatic heterocycles. The van der Waals surface area contributed by atoms with Gasteiger partial charge in [0.25, 0.3) is 0 Å². The van der Waals surface area contributed by atoms with Crippen molar-refractivity contribution in [2.75, 3.05) is 9.80 Å². The first-order chi connectivity index (χ1) is 30.3. The van der Waals surface area contributed by atoms with Gasteiger partial charge in [-0.25, -0.2) is 0 Å². The summed E-state index contributed by atoms with van der Waals surface area (Å²) in [6.07, 6.45) is 4.88. The van der Waals surface area contributed by atoms with Crippen LogP contribution < -0.4 is 9.80 Å². The Bertz CT molecular complexity index is 2740. The minimum Gasteiger partial charge on any atom is -0.311 e. The summed E-state index contributed by atoms with van der Waals surface area (Å²) < 4.78 is 0. The minimum atomic E-state index is -0.147. The first kappa shape index (κ1) is 39.5. The van der Waals surface area contributed by atoms with Gasteiger partial charge in [-0.1, -0.05) is 174 Å². The number of para-hydroxylation sites is 3. The third-order valence-electron chi connectivity index (χ3n) is 14.1. The topological polar surface area (TPSA) is 6.48 Å². The summed E-state index contributed by atoms with van der Waals surface area (Å²) in [6.45, 7) is 9.65.